The molecule has 4 aromatic carbocycles. The van der Waals surface area contributed by atoms with Gasteiger partial charge in [0.25, 0.3) is 0 Å². The maximum Gasteiger partial charge on any atom is 0.141 e. The van der Waals surface area contributed by atoms with E-state index in [2.05, 4.69) is 116 Å². The molecular formula is C33H33N3. The number of imidazole rings is 1. The van der Waals surface area contributed by atoms with Gasteiger partial charge in [-0.05, 0) is 54.2 Å². The molecule has 3 heteroatoms. The number of nitrogens with two attached hydrogens (primary N) is 1. The summed E-state index contributed by atoms with van der Waals surface area (Å²) in [6.07, 6.45) is 1.97. The standard InChI is InChI=1S/C33H33N3/c1-4-23(2)36-32-20-19-29(24(3)34)22-31(32)35-33(36)28-17-15-25(16-18-28)21-30(26-11-7-5-8-12-26)27-13-9-6-10-14-27/h5-20,22-23,30H,3-4,21,34H2,1-2H3. The van der Waals surface area contributed by atoms with Gasteiger partial charge in [0.05, 0.1) is 11.0 Å². The maximum absolute atomic E-state index is 5.96. The van der Waals surface area contributed by atoms with Crippen LogP contribution in [0.1, 0.15) is 54.5 Å². The number of benzene rings is 4. The van der Waals surface area contributed by atoms with Crippen LogP contribution >= 0.6 is 0 Å². The monoisotopic (exact) mass is 471 g/mol. The highest BCUT2D eigenvalue weighted by molar-refractivity contribution is 5.84. The summed E-state index contributed by atoms with van der Waals surface area (Å²) in [5.74, 6) is 1.30. The van der Waals surface area contributed by atoms with E-state index in [9.17, 15) is 0 Å². The topological polar surface area (TPSA) is 43.8 Å². The van der Waals surface area contributed by atoms with E-state index in [1.165, 1.54) is 16.7 Å². The van der Waals surface area contributed by atoms with Crippen molar-refractivity contribution >= 4 is 16.7 Å². The van der Waals surface area contributed by atoms with Gasteiger partial charge in [-0.2, -0.15) is 0 Å². The summed E-state index contributed by atoms with van der Waals surface area (Å²) >= 11 is 0. The van der Waals surface area contributed by atoms with Crippen LogP contribution in [0.5, 0.6) is 0 Å². The van der Waals surface area contributed by atoms with E-state index in [0.29, 0.717) is 17.7 Å². The fourth-order valence-electron chi connectivity index (χ4n) is 4.96. The summed E-state index contributed by atoms with van der Waals surface area (Å²) in [6, 6.07) is 37.0. The van der Waals surface area contributed by atoms with Crippen LogP contribution in [-0.2, 0) is 6.42 Å². The van der Waals surface area contributed by atoms with Crippen LogP contribution in [-0.4, -0.2) is 9.55 Å². The Bertz CT molecular complexity index is 1430. The number of rotatable bonds is 8. The van der Waals surface area contributed by atoms with E-state index in [1.54, 1.807) is 0 Å². The number of fused-ring (bicyclic) bond motifs is 1. The molecule has 1 heterocycles. The fraction of sp³-hybridized carbons (Fsp3) is 0.182. The predicted octanol–water partition coefficient (Wildman–Crippen LogP) is 7.98. The van der Waals surface area contributed by atoms with Gasteiger partial charge in [0.2, 0.25) is 0 Å². The SMILES string of the molecule is C=C(N)c1ccc2c(c1)nc(-c1ccc(CC(c3ccccc3)c3ccccc3)cc1)n2C(C)CC. The van der Waals surface area contributed by atoms with Gasteiger partial charge in [-0.25, -0.2) is 4.98 Å². The largest absolute Gasteiger partial charge is 0.399 e. The van der Waals surface area contributed by atoms with E-state index in [0.717, 1.165) is 40.8 Å². The van der Waals surface area contributed by atoms with E-state index < -0.39 is 0 Å². The Kier molecular flexibility index (Phi) is 6.73. The molecule has 1 aromatic heterocycles. The van der Waals surface area contributed by atoms with Crippen molar-refractivity contribution in [3.63, 3.8) is 0 Å². The van der Waals surface area contributed by atoms with Crippen LogP contribution in [0.25, 0.3) is 28.1 Å². The first-order chi connectivity index (χ1) is 17.5. The minimum absolute atomic E-state index is 0.311. The molecule has 36 heavy (non-hydrogen) atoms. The molecule has 0 amide bonds. The van der Waals surface area contributed by atoms with Gasteiger partial charge in [-0.15, -0.1) is 0 Å². The van der Waals surface area contributed by atoms with Gasteiger partial charge in [-0.3, -0.25) is 0 Å². The molecule has 2 N–H and O–H groups in total. The van der Waals surface area contributed by atoms with Crippen molar-refractivity contribution in [3.05, 3.63) is 132 Å². The highest BCUT2D eigenvalue weighted by Crippen LogP contribution is 2.33. The lowest BCUT2D eigenvalue weighted by Gasteiger charge is -2.19. The summed E-state index contributed by atoms with van der Waals surface area (Å²) < 4.78 is 2.35. The van der Waals surface area contributed by atoms with E-state index in [4.69, 9.17) is 10.7 Å². The van der Waals surface area contributed by atoms with Crippen molar-refractivity contribution in [1.82, 2.24) is 9.55 Å². The third kappa shape index (κ3) is 4.70. The molecular weight excluding hydrogens is 438 g/mol. The Labute approximate surface area is 213 Å². The molecule has 0 aliphatic rings. The van der Waals surface area contributed by atoms with Crippen LogP contribution in [0.3, 0.4) is 0 Å². The Hall–Kier alpha value is -4.11. The number of hydrogen-bond donors (Lipinski definition) is 1. The van der Waals surface area contributed by atoms with E-state index >= 15 is 0 Å². The van der Waals surface area contributed by atoms with Gasteiger partial charge >= 0.3 is 0 Å². The molecule has 0 aliphatic carbocycles. The molecule has 0 radical (unpaired) electrons. The lowest BCUT2D eigenvalue weighted by Crippen LogP contribution is -2.07. The summed E-state index contributed by atoms with van der Waals surface area (Å²) in [5.41, 5.74) is 14.6. The van der Waals surface area contributed by atoms with E-state index in [-0.39, 0.29) is 0 Å². The third-order valence-electron chi connectivity index (χ3n) is 7.15. The normalized spacial score (nSPS) is 12.2. The maximum atomic E-state index is 5.96. The van der Waals surface area contributed by atoms with Crippen molar-refractivity contribution in [2.24, 2.45) is 5.73 Å². The number of hydrogen-bond acceptors (Lipinski definition) is 2. The fourth-order valence-corrected chi connectivity index (χ4v) is 4.96. The number of aromatic nitrogens is 2. The Morgan fingerprint density at radius 3 is 2.03 bits per heavy atom. The summed E-state index contributed by atoms with van der Waals surface area (Å²) in [4.78, 5) is 5.05. The van der Waals surface area contributed by atoms with Crippen molar-refractivity contribution in [2.75, 3.05) is 0 Å². The Morgan fingerprint density at radius 2 is 1.47 bits per heavy atom. The second-order valence-corrected chi connectivity index (χ2v) is 9.57. The molecule has 0 saturated heterocycles. The molecule has 1 unspecified atom stereocenters. The minimum Gasteiger partial charge on any atom is -0.399 e. The first-order valence-corrected chi connectivity index (χ1v) is 12.7. The first-order valence-electron chi connectivity index (χ1n) is 12.7. The molecule has 5 aromatic rings. The minimum atomic E-state index is 0.311. The molecule has 1 atom stereocenters. The van der Waals surface area contributed by atoms with Crippen molar-refractivity contribution in [3.8, 4) is 11.4 Å². The quantitative estimate of drug-likeness (QED) is 0.249. The summed E-state index contributed by atoms with van der Waals surface area (Å²) in [5, 5.41) is 0. The van der Waals surface area contributed by atoms with Crippen LogP contribution in [0.2, 0.25) is 0 Å². The summed E-state index contributed by atoms with van der Waals surface area (Å²) in [6.45, 7) is 8.36. The zero-order valence-electron chi connectivity index (χ0n) is 21.1. The van der Waals surface area contributed by atoms with Gasteiger partial charge in [0.15, 0.2) is 0 Å². The van der Waals surface area contributed by atoms with Crippen LogP contribution in [0.15, 0.2) is 110 Å². The second kappa shape index (κ2) is 10.2. The average Bonchev–Trinajstić information content (AvgIpc) is 3.31. The lowest BCUT2D eigenvalue weighted by molar-refractivity contribution is 0.550. The van der Waals surface area contributed by atoms with Crippen molar-refractivity contribution in [2.45, 2.75) is 38.6 Å². The molecule has 0 bridgehead atoms. The van der Waals surface area contributed by atoms with Crippen LogP contribution in [0.4, 0.5) is 0 Å². The average molecular weight is 472 g/mol. The third-order valence-corrected chi connectivity index (χ3v) is 7.15. The molecule has 0 spiro atoms. The number of nitrogens with zero attached hydrogens (tertiary/aromatic N) is 2. The van der Waals surface area contributed by atoms with Crippen LogP contribution in [0, 0.1) is 0 Å². The van der Waals surface area contributed by atoms with Gasteiger partial charge in [-0.1, -0.05) is 104 Å². The van der Waals surface area contributed by atoms with Crippen molar-refractivity contribution < 1.29 is 0 Å². The van der Waals surface area contributed by atoms with Gasteiger partial charge < -0.3 is 10.3 Å². The molecule has 0 aliphatic heterocycles. The lowest BCUT2D eigenvalue weighted by atomic mass is 9.86. The zero-order chi connectivity index (χ0) is 25.1. The Balaban J connectivity index is 1.51. The van der Waals surface area contributed by atoms with Gasteiger partial charge in [0, 0.05) is 23.2 Å². The van der Waals surface area contributed by atoms with Crippen molar-refractivity contribution in [1.29, 1.82) is 0 Å². The zero-order valence-corrected chi connectivity index (χ0v) is 21.1. The summed E-state index contributed by atoms with van der Waals surface area (Å²) in [7, 11) is 0. The smallest absolute Gasteiger partial charge is 0.141 e. The highest BCUT2D eigenvalue weighted by atomic mass is 15.1. The molecule has 0 fully saturated rings. The molecule has 0 saturated carbocycles. The van der Waals surface area contributed by atoms with Gasteiger partial charge in [0.1, 0.15) is 5.82 Å². The molecule has 180 valence electrons. The predicted molar refractivity (Wildman–Crippen MR) is 152 cm³/mol. The molecule has 3 nitrogen and oxygen atoms in total. The van der Waals surface area contributed by atoms with Crippen LogP contribution < -0.4 is 5.73 Å². The molecule has 5 rings (SSSR count). The first kappa shape index (κ1) is 23.6. The highest BCUT2D eigenvalue weighted by Gasteiger charge is 2.18. The Morgan fingerprint density at radius 1 is 0.861 bits per heavy atom. The second-order valence-electron chi connectivity index (χ2n) is 9.57. The van der Waals surface area contributed by atoms with E-state index in [1.807, 2.05) is 12.1 Å².